The zero-order valence-corrected chi connectivity index (χ0v) is 10.8. The van der Waals surface area contributed by atoms with E-state index in [1.54, 1.807) is 0 Å². The molecule has 6 nitrogen and oxygen atoms in total. The minimum atomic E-state index is 0.625. The van der Waals surface area contributed by atoms with Gasteiger partial charge in [-0.2, -0.15) is 4.98 Å². The van der Waals surface area contributed by atoms with Gasteiger partial charge in [-0.3, -0.25) is 0 Å². The van der Waals surface area contributed by atoms with Crippen molar-refractivity contribution in [3.8, 4) is 0 Å². The number of aryl methyl sites for hydroxylation is 2. The number of hydrogen-bond donors (Lipinski definition) is 2. The van der Waals surface area contributed by atoms with Crippen molar-refractivity contribution in [3.05, 3.63) is 23.6 Å². The van der Waals surface area contributed by atoms with Gasteiger partial charge in [0.2, 0.25) is 5.95 Å². The second-order valence-electron chi connectivity index (χ2n) is 4.09. The van der Waals surface area contributed by atoms with Crippen LogP contribution in [0.4, 0.5) is 17.6 Å². The van der Waals surface area contributed by atoms with Gasteiger partial charge in [-0.15, -0.1) is 0 Å². The average molecular weight is 247 g/mol. The highest BCUT2D eigenvalue weighted by atomic mass is 16.5. The largest absolute Gasteiger partial charge is 0.360 e. The van der Waals surface area contributed by atoms with Crippen LogP contribution in [0.2, 0.25) is 0 Å². The summed E-state index contributed by atoms with van der Waals surface area (Å²) in [6.45, 7) is 6.72. The third-order valence-corrected chi connectivity index (χ3v) is 2.27. The highest BCUT2D eigenvalue weighted by Gasteiger charge is 2.04. The molecule has 0 saturated carbocycles. The van der Waals surface area contributed by atoms with Crippen molar-refractivity contribution >= 4 is 17.6 Å². The fraction of sp³-hybridized carbons (Fsp3) is 0.417. The van der Waals surface area contributed by atoms with Crippen LogP contribution in [0.1, 0.15) is 24.8 Å². The Hall–Kier alpha value is -2.11. The molecule has 0 aliphatic rings. The Labute approximate surface area is 106 Å². The van der Waals surface area contributed by atoms with Crippen molar-refractivity contribution in [1.82, 2.24) is 15.1 Å². The summed E-state index contributed by atoms with van der Waals surface area (Å²) in [6, 6.07) is 3.68. The molecule has 2 aromatic heterocycles. The Morgan fingerprint density at radius 1 is 1.17 bits per heavy atom. The van der Waals surface area contributed by atoms with Gasteiger partial charge >= 0.3 is 0 Å². The van der Waals surface area contributed by atoms with Gasteiger partial charge in [0.1, 0.15) is 11.6 Å². The third kappa shape index (κ3) is 3.19. The van der Waals surface area contributed by atoms with E-state index in [2.05, 4.69) is 32.7 Å². The number of anilines is 3. The van der Waals surface area contributed by atoms with Gasteiger partial charge in [0, 0.05) is 24.4 Å². The highest BCUT2D eigenvalue weighted by Crippen LogP contribution is 2.16. The first-order valence-corrected chi connectivity index (χ1v) is 5.97. The van der Waals surface area contributed by atoms with Crippen molar-refractivity contribution in [3.63, 3.8) is 0 Å². The van der Waals surface area contributed by atoms with E-state index in [1.807, 2.05) is 26.0 Å². The van der Waals surface area contributed by atoms with Crippen molar-refractivity contribution < 1.29 is 4.52 Å². The zero-order chi connectivity index (χ0) is 13.0. The summed E-state index contributed by atoms with van der Waals surface area (Å²) in [5.74, 6) is 2.73. The Bertz CT molecular complexity index is 523. The lowest BCUT2D eigenvalue weighted by atomic mass is 10.4. The molecule has 0 unspecified atom stereocenters. The standard InChI is InChI=1S/C12H17N5O/c1-4-5-13-12-14-8(2)6-10(16-12)15-11-7-9(3)18-17-11/h6-7H,4-5H2,1-3H3,(H2,13,14,15,16,17). The van der Waals surface area contributed by atoms with Gasteiger partial charge in [-0.1, -0.05) is 12.1 Å². The van der Waals surface area contributed by atoms with Gasteiger partial charge in [-0.05, 0) is 20.3 Å². The molecular weight excluding hydrogens is 230 g/mol. The minimum absolute atomic E-state index is 0.625. The van der Waals surface area contributed by atoms with E-state index in [1.165, 1.54) is 0 Å². The maximum atomic E-state index is 4.99. The Morgan fingerprint density at radius 2 is 2.00 bits per heavy atom. The van der Waals surface area contributed by atoms with E-state index < -0.39 is 0 Å². The molecule has 2 heterocycles. The Kier molecular flexibility index (Phi) is 3.76. The molecule has 18 heavy (non-hydrogen) atoms. The predicted molar refractivity (Wildman–Crippen MR) is 70.1 cm³/mol. The van der Waals surface area contributed by atoms with Crippen molar-refractivity contribution in [2.75, 3.05) is 17.2 Å². The van der Waals surface area contributed by atoms with E-state index in [0.717, 1.165) is 24.4 Å². The quantitative estimate of drug-likeness (QED) is 0.846. The Morgan fingerprint density at radius 3 is 2.67 bits per heavy atom. The summed E-state index contributed by atoms with van der Waals surface area (Å²) in [7, 11) is 0. The van der Waals surface area contributed by atoms with Gasteiger partial charge < -0.3 is 15.2 Å². The van der Waals surface area contributed by atoms with E-state index >= 15 is 0 Å². The predicted octanol–water partition coefficient (Wildman–Crippen LogP) is 2.65. The first-order valence-electron chi connectivity index (χ1n) is 5.97. The summed E-state index contributed by atoms with van der Waals surface area (Å²) in [5, 5.41) is 10.1. The molecule has 0 amide bonds. The molecule has 2 rings (SSSR count). The van der Waals surface area contributed by atoms with Crippen LogP contribution >= 0.6 is 0 Å². The van der Waals surface area contributed by atoms with Gasteiger partial charge in [-0.25, -0.2) is 4.98 Å². The highest BCUT2D eigenvalue weighted by molar-refractivity contribution is 5.53. The van der Waals surface area contributed by atoms with Crippen LogP contribution in [0, 0.1) is 13.8 Å². The molecule has 6 heteroatoms. The first kappa shape index (κ1) is 12.3. The van der Waals surface area contributed by atoms with Crippen molar-refractivity contribution in [1.29, 1.82) is 0 Å². The molecule has 0 saturated heterocycles. The summed E-state index contributed by atoms with van der Waals surface area (Å²) in [6.07, 6.45) is 1.03. The smallest absolute Gasteiger partial charge is 0.224 e. The van der Waals surface area contributed by atoms with E-state index in [9.17, 15) is 0 Å². The number of nitrogens with one attached hydrogen (secondary N) is 2. The van der Waals surface area contributed by atoms with E-state index in [-0.39, 0.29) is 0 Å². The van der Waals surface area contributed by atoms with E-state index in [0.29, 0.717) is 17.6 Å². The second-order valence-corrected chi connectivity index (χ2v) is 4.09. The first-order chi connectivity index (χ1) is 8.67. The van der Waals surface area contributed by atoms with Crippen molar-refractivity contribution in [2.45, 2.75) is 27.2 Å². The molecule has 2 N–H and O–H groups in total. The number of aromatic nitrogens is 3. The molecule has 0 radical (unpaired) electrons. The van der Waals surface area contributed by atoms with Crippen LogP contribution in [-0.4, -0.2) is 21.7 Å². The lowest BCUT2D eigenvalue weighted by Gasteiger charge is -2.07. The monoisotopic (exact) mass is 247 g/mol. The summed E-state index contributed by atoms with van der Waals surface area (Å²) < 4.78 is 4.99. The van der Waals surface area contributed by atoms with Crippen LogP contribution in [0.3, 0.4) is 0 Å². The van der Waals surface area contributed by atoms with Gasteiger partial charge in [0.05, 0.1) is 0 Å². The number of nitrogens with zero attached hydrogens (tertiary/aromatic N) is 3. The fourth-order valence-electron chi connectivity index (χ4n) is 1.50. The lowest BCUT2D eigenvalue weighted by Crippen LogP contribution is -2.06. The minimum Gasteiger partial charge on any atom is -0.360 e. The Balaban J connectivity index is 2.14. The number of hydrogen-bond acceptors (Lipinski definition) is 6. The van der Waals surface area contributed by atoms with Crippen molar-refractivity contribution in [2.24, 2.45) is 0 Å². The third-order valence-electron chi connectivity index (χ3n) is 2.27. The normalized spacial score (nSPS) is 10.4. The van der Waals surface area contributed by atoms with Crippen LogP contribution < -0.4 is 10.6 Å². The number of rotatable bonds is 5. The van der Waals surface area contributed by atoms with Crippen LogP contribution in [-0.2, 0) is 0 Å². The molecule has 0 spiro atoms. The maximum Gasteiger partial charge on any atom is 0.224 e. The maximum absolute atomic E-state index is 4.99. The van der Waals surface area contributed by atoms with Crippen LogP contribution in [0.15, 0.2) is 16.7 Å². The van der Waals surface area contributed by atoms with Crippen LogP contribution in [0.5, 0.6) is 0 Å². The molecule has 0 atom stereocenters. The fourth-order valence-corrected chi connectivity index (χ4v) is 1.50. The molecule has 2 aromatic rings. The van der Waals surface area contributed by atoms with Gasteiger partial charge in [0.15, 0.2) is 5.82 Å². The second kappa shape index (κ2) is 5.48. The summed E-state index contributed by atoms with van der Waals surface area (Å²) in [5.41, 5.74) is 0.895. The van der Waals surface area contributed by atoms with E-state index in [4.69, 9.17) is 4.52 Å². The molecule has 0 bridgehead atoms. The lowest BCUT2D eigenvalue weighted by molar-refractivity contribution is 0.400. The molecule has 0 fully saturated rings. The molecule has 0 aromatic carbocycles. The molecule has 96 valence electrons. The average Bonchev–Trinajstić information content (AvgIpc) is 2.71. The zero-order valence-electron chi connectivity index (χ0n) is 10.8. The molecular formula is C12H17N5O. The summed E-state index contributed by atoms with van der Waals surface area (Å²) >= 11 is 0. The van der Waals surface area contributed by atoms with Gasteiger partial charge in [0.25, 0.3) is 0 Å². The molecule has 0 aliphatic heterocycles. The summed E-state index contributed by atoms with van der Waals surface area (Å²) in [4.78, 5) is 8.67. The van der Waals surface area contributed by atoms with Crippen LogP contribution in [0.25, 0.3) is 0 Å². The molecule has 0 aliphatic carbocycles. The topological polar surface area (TPSA) is 75.9 Å². The SMILES string of the molecule is CCCNc1nc(C)cc(Nc2cc(C)on2)n1.